The lowest BCUT2D eigenvalue weighted by Crippen LogP contribution is -2.42. The van der Waals surface area contributed by atoms with Crippen LogP contribution in [0.1, 0.15) is 39.0 Å². The van der Waals surface area contributed by atoms with E-state index in [0.29, 0.717) is 32.0 Å². The van der Waals surface area contributed by atoms with Crippen LogP contribution in [0.5, 0.6) is 11.5 Å². The molecule has 0 bridgehead atoms. The highest BCUT2D eigenvalue weighted by Gasteiger charge is 2.46. The molecule has 2 aliphatic rings. The number of alkyl halides is 5. The third kappa shape index (κ3) is 6.15. The van der Waals surface area contributed by atoms with Gasteiger partial charge in [-0.05, 0) is 32.1 Å². The smallest absolute Gasteiger partial charge is 0.432 e. The van der Waals surface area contributed by atoms with Crippen LogP contribution in [0, 0.1) is 29.4 Å². The molecule has 1 aliphatic carbocycles. The summed E-state index contributed by atoms with van der Waals surface area (Å²) >= 11 is 0. The second-order valence-corrected chi connectivity index (χ2v) is 7.85. The normalized spacial score (nSPS) is 27.7. The van der Waals surface area contributed by atoms with Gasteiger partial charge in [-0.1, -0.05) is 6.92 Å². The highest BCUT2D eigenvalue weighted by molar-refractivity contribution is 5.35. The van der Waals surface area contributed by atoms with Crippen molar-refractivity contribution in [2.45, 2.75) is 57.8 Å². The molecule has 0 radical (unpaired) electrons. The maximum Gasteiger partial charge on any atom is 0.573 e. The van der Waals surface area contributed by atoms with E-state index >= 15 is 0 Å². The van der Waals surface area contributed by atoms with Crippen molar-refractivity contribution in [3.8, 4) is 11.5 Å². The molecule has 1 saturated carbocycles. The predicted molar refractivity (Wildman–Crippen MR) is 93.5 cm³/mol. The van der Waals surface area contributed by atoms with E-state index in [1.54, 1.807) is 0 Å². The Morgan fingerprint density at radius 1 is 0.903 bits per heavy atom. The van der Waals surface area contributed by atoms with Gasteiger partial charge in [0.15, 0.2) is 17.9 Å². The van der Waals surface area contributed by atoms with Gasteiger partial charge in [0.05, 0.1) is 19.1 Å². The minimum atomic E-state index is -5.34. The summed E-state index contributed by atoms with van der Waals surface area (Å²) in [4.78, 5) is 0. The van der Waals surface area contributed by atoms with Crippen molar-refractivity contribution in [2.24, 2.45) is 17.8 Å². The topological polar surface area (TPSA) is 36.9 Å². The van der Waals surface area contributed by atoms with Gasteiger partial charge in [0.2, 0.25) is 5.75 Å². The number of hydrogen-bond donors (Lipinski definition) is 0. The largest absolute Gasteiger partial charge is 0.573 e. The summed E-state index contributed by atoms with van der Waals surface area (Å²) in [5.41, 5.74) is 0. The van der Waals surface area contributed by atoms with Gasteiger partial charge in [0, 0.05) is 24.0 Å². The lowest BCUT2D eigenvalue weighted by molar-refractivity contribution is -0.276. The third-order valence-corrected chi connectivity index (χ3v) is 5.65. The molecule has 1 aliphatic heterocycles. The van der Waals surface area contributed by atoms with Crippen molar-refractivity contribution in [1.82, 2.24) is 0 Å². The molecule has 1 aromatic carbocycles. The second-order valence-electron chi connectivity index (χ2n) is 7.85. The van der Waals surface area contributed by atoms with E-state index in [4.69, 9.17) is 9.47 Å². The third-order valence-electron chi connectivity index (χ3n) is 5.65. The molecule has 0 atom stereocenters. The number of benzene rings is 1. The van der Waals surface area contributed by atoms with Crippen molar-refractivity contribution in [2.75, 3.05) is 13.2 Å². The first-order chi connectivity index (χ1) is 14.5. The van der Waals surface area contributed by atoms with Gasteiger partial charge in [-0.15, -0.1) is 13.2 Å². The standard InChI is InChI=1S/C20H23F7O4/c1-2-11-9-28-18(29-10-11)12-3-5-13(6-4-12)19(23,24)30-14-7-15(21)17(16(22)8-14)31-20(25,26)27/h7-8,11-13,18H,2-6,9-10H2,1H3. The summed E-state index contributed by atoms with van der Waals surface area (Å²) in [6.45, 7) is 3.15. The van der Waals surface area contributed by atoms with Gasteiger partial charge in [-0.2, -0.15) is 8.78 Å². The highest BCUT2D eigenvalue weighted by Crippen LogP contribution is 2.43. The molecule has 0 amide bonds. The second kappa shape index (κ2) is 9.40. The first-order valence-electron chi connectivity index (χ1n) is 10.0. The van der Waals surface area contributed by atoms with Crippen molar-refractivity contribution in [1.29, 1.82) is 0 Å². The summed E-state index contributed by atoms with van der Waals surface area (Å²) < 4.78 is 112. The number of halogens is 7. The lowest BCUT2D eigenvalue weighted by atomic mass is 9.80. The predicted octanol–water partition coefficient (Wildman–Crippen LogP) is 6.04. The van der Waals surface area contributed by atoms with Gasteiger partial charge in [0.1, 0.15) is 5.75 Å². The molecule has 4 nitrogen and oxygen atoms in total. The number of ether oxygens (including phenoxy) is 4. The van der Waals surface area contributed by atoms with E-state index in [-0.39, 0.29) is 30.9 Å². The number of hydrogen-bond acceptors (Lipinski definition) is 4. The number of rotatable bonds is 6. The first kappa shape index (κ1) is 23.9. The molecule has 0 aromatic heterocycles. The highest BCUT2D eigenvalue weighted by atomic mass is 19.4. The molecule has 0 unspecified atom stereocenters. The molecule has 1 heterocycles. The maximum atomic E-state index is 14.6. The van der Waals surface area contributed by atoms with Gasteiger partial charge < -0.3 is 18.9 Å². The molecule has 1 saturated heterocycles. The Morgan fingerprint density at radius 3 is 1.94 bits per heavy atom. The Morgan fingerprint density at radius 2 is 1.45 bits per heavy atom. The molecule has 31 heavy (non-hydrogen) atoms. The van der Waals surface area contributed by atoms with E-state index in [0.717, 1.165) is 6.42 Å². The van der Waals surface area contributed by atoms with Crippen molar-refractivity contribution in [3.63, 3.8) is 0 Å². The zero-order valence-corrected chi connectivity index (χ0v) is 16.7. The van der Waals surface area contributed by atoms with Gasteiger partial charge in [-0.25, -0.2) is 8.78 Å². The Bertz CT molecular complexity index is 717. The van der Waals surface area contributed by atoms with Crippen LogP contribution in [0.3, 0.4) is 0 Å². The van der Waals surface area contributed by atoms with E-state index in [1.807, 2.05) is 6.92 Å². The van der Waals surface area contributed by atoms with E-state index < -0.39 is 47.8 Å². The van der Waals surface area contributed by atoms with Crippen LogP contribution in [0.2, 0.25) is 0 Å². The van der Waals surface area contributed by atoms with Crippen molar-refractivity contribution >= 4 is 0 Å². The van der Waals surface area contributed by atoms with Crippen LogP contribution in [-0.4, -0.2) is 32.0 Å². The lowest BCUT2D eigenvalue weighted by Gasteiger charge is -2.38. The van der Waals surface area contributed by atoms with E-state index in [9.17, 15) is 30.7 Å². The zero-order valence-electron chi connectivity index (χ0n) is 16.7. The molecular formula is C20H23F7O4. The molecule has 0 spiro atoms. The fraction of sp³-hybridized carbons (Fsp3) is 0.700. The zero-order chi connectivity index (χ0) is 22.8. The van der Waals surface area contributed by atoms with Crippen LogP contribution in [0.15, 0.2) is 12.1 Å². The Labute approximate surface area is 174 Å². The SMILES string of the molecule is CCC1COC(C2CCC(C(F)(F)Oc3cc(F)c(OC(F)(F)F)c(F)c3)CC2)OC1. The van der Waals surface area contributed by atoms with E-state index in [2.05, 4.69) is 9.47 Å². The van der Waals surface area contributed by atoms with Crippen LogP contribution < -0.4 is 9.47 Å². The maximum absolute atomic E-state index is 14.6. The summed E-state index contributed by atoms with van der Waals surface area (Å²) in [5, 5.41) is 0. The quantitative estimate of drug-likeness (QED) is 0.485. The Balaban J connectivity index is 1.58. The molecule has 176 valence electrons. The van der Waals surface area contributed by atoms with Crippen LogP contribution in [-0.2, 0) is 9.47 Å². The summed E-state index contributed by atoms with van der Waals surface area (Å²) in [5.74, 6) is -7.22. The minimum absolute atomic E-state index is 0.0430. The fourth-order valence-corrected chi connectivity index (χ4v) is 3.84. The van der Waals surface area contributed by atoms with Crippen molar-refractivity contribution < 1.29 is 49.7 Å². The Hall–Kier alpha value is -1.75. The Kier molecular flexibility index (Phi) is 7.25. The first-order valence-corrected chi connectivity index (χ1v) is 10.0. The fourth-order valence-electron chi connectivity index (χ4n) is 3.84. The summed E-state index contributed by atoms with van der Waals surface area (Å²) in [6, 6.07) is 0.467. The molecule has 11 heteroatoms. The van der Waals surface area contributed by atoms with Crippen LogP contribution in [0.25, 0.3) is 0 Å². The molecule has 1 aromatic rings. The van der Waals surface area contributed by atoms with Crippen molar-refractivity contribution in [3.05, 3.63) is 23.8 Å². The molecule has 2 fully saturated rings. The monoisotopic (exact) mass is 460 g/mol. The average Bonchev–Trinajstić information content (AvgIpc) is 2.70. The molecule has 3 rings (SSSR count). The van der Waals surface area contributed by atoms with E-state index in [1.165, 1.54) is 0 Å². The van der Waals surface area contributed by atoms with Crippen LogP contribution >= 0.6 is 0 Å². The summed E-state index contributed by atoms with van der Waals surface area (Å²) in [7, 11) is 0. The molecular weight excluding hydrogens is 437 g/mol. The minimum Gasteiger partial charge on any atom is -0.432 e. The van der Waals surface area contributed by atoms with Crippen LogP contribution in [0.4, 0.5) is 30.7 Å². The van der Waals surface area contributed by atoms with Gasteiger partial charge in [0.25, 0.3) is 0 Å². The average molecular weight is 460 g/mol. The van der Waals surface area contributed by atoms with Gasteiger partial charge >= 0.3 is 12.5 Å². The summed E-state index contributed by atoms with van der Waals surface area (Å²) in [6.07, 6.45) is -7.70. The van der Waals surface area contributed by atoms with Gasteiger partial charge in [-0.3, -0.25) is 0 Å². The molecule has 0 N–H and O–H groups in total.